The number of thiazole rings is 1. The van der Waals surface area contributed by atoms with Crippen LogP contribution in [0.25, 0.3) is 21.7 Å². The van der Waals surface area contributed by atoms with Crippen LogP contribution in [-0.2, 0) is 24.9 Å². The number of nitrogens with zero attached hydrogens (tertiary/aromatic N) is 4. The van der Waals surface area contributed by atoms with Gasteiger partial charge in [0.1, 0.15) is 58.6 Å². The number of thioether (sulfide) groups is 1. The van der Waals surface area contributed by atoms with E-state index in [9.17, 15) is 33.3 Å². The fraction of sp³-hybridized carbons (Fsp3) is 0.306. The summed E-state index contributed by atoms with van der Waals surface area (Å²) >= 11 is 8.94. The molecule has 19 heteroatoms. The second-order valence-corrected chi connectivity index (χ2v) is 13.6. The molecular weight excluding hydrogens is 783 g/mol. The van der Waals surface area contributed by atoms with E-state index < -0.39 is 36.1 Å². The zero-order valence-electron chi connectivity index (χ0n) is 29.6. The zero-order chi connectivity index (χ0) is 40.7. The number of ether oxygens (including phenoxy) is 2. The number of carbonyl (C=O) groups excluding carboxylic acids is 2. The Hall–Kier alpha value is -5.40. The molecule has 0 unspecified atom stereocenters. The molecule has 0 radical (unpaired) electrons. The molecule has 0 aliphatic heterocycles. The Morgan fingerprint density at radius 3 is 2.20 bits per heavy atom. The lowest BCUT2D eigenvalue weighted by Gasteiger charge is -2.16. The van der Waals surface area contributed by atoms with E-state index in [1.165, 1.54) is 36.9 Å². The van der Waals surface area contributed by atoms with Crippen molar-refractivity contribution in [1.82, 2.24) is 15.3 Å². The SMILES string of the molecule is CCCNc1nc(SCc2csc(-c3ccc(Cl)cc3)n2)c(C#N)c(-c2ccc(OCCOC(=O)[C@H](C)NC(=O)[C@H](C)N)cc2)c1C#N.O=C(O)C(F)(F)F. The van der Waals surface area contributed by atoms with Gasteiger partial charge >= 0.3 is 18.1 Å². The van der Waals surface area contributed by atoms with Crippen molar-refractivity contribution in [2.45, 2.75) is 56.2 Å². The number of hydrogen-bond acceptors (Lipinski definition) is 13. The molecule has 1 amide bonds. The first kappa shape index (κ1) is 44.0. The van der Waals surface area contributed by atoms with Crippen LogP contribution >= 0.6 is 34.7 Å². The van der Waals surface area contributed by atoms with Crippen LogP contribution in [0.15, 0.2) is 58.9 Å². The van der Waals surface area contributed by atoms with Crippen LogP contribution in [0.5, 0.6) is 5.75 Å². The van der Waals surface area contributed by atoms with Crippen LogP contribution < -0.4 is 21.1 Å². The van der Waals surface area contributed by atoms with E-state index in [-0.39, 0.29) is 24.3 Å². The van der Waals surface area contributed by atoms with Crippen molar-refractivity contribution >= 4 is 58.4 Å². The lowest BCUT2D eigenvalue weighted by molar-refractivity contribution is -0.192. The summed E-state index contributed by atoms with van der Waals surface area (Å²) in [4.78, 5) is 42.2. The van der Waals surface area contributed by atoms with Gasteiger partial charge in [0.05, 0.1) is 17.3 Å². The third kappa shape index (κ3) is 13.1. The van der Waals surface area contributed by atoms with Crippen molar-refractivity contribution in [2.24, 2.45) is 5.73 Å². The fourth-order valence-corrected chi connectivity index (χ4v) is 6.27. The average Bonchev–Trinajstić information content (AvgIpc) is 3.63. The molecule has 4 aromatic rings. The summed E-state index contributed by atoms with van der Waals surface area (Å²) in [5.41, 5.74) is 8.99. The minimum Gasteiger partial charge on any atom is -0.490 e. The zero-order valence-corrected chi connectivity index (χ0v) is 32.0. The van der Waals surface area contributed by atoms with E-state index in [0.717, 1.165) is 22.7 Å². The smallest absolute Gasteiger partial charge is 0.490 e. The molecular formula is C36H35ClF3N7O6S2. The Kier molecular flexibility index (Phi) is 16.7. The van der Waals surface area contributed by atoms with Crippen molar-refractivity contribution < 1.29 is 42.1 Å². The summed E-state index contributed by atoms with van der Waals surface area (Å²) < 4.78 is 42.7. The van der Waals surface area contributed by atoms with Crippen LogP contribution in [0.1, 0.15) is 44.0 Å². The number of esters is 1. The molecule has 0 fully saturated rings. The van der Waals surface area contributed by atoms with Crippen molar-refractivity contribution in [1.29, 1.82) is 10.5 Å². The second kappa shape index (κ2) is 20.9. The predicted octanol–water partition coefficient (Wildman–Crippen LogP) is 6.79. The first-order valence-corrected chi connectivity index (χ1v) is 18.5. The number of carboxylic acid groups (broad SMARTS) is 1. The molecule has 4 rings (SSSR count). The van der Waals surface area contributed by atoms with Gasteiger partial charge in [-0.1, -0.05) is 54.6 Å². The Bertz CT molecular complexity index is 2030. The van der Waals surface area contributed by atoms with Gasteiger partial charge in [-0.05, 0) is 50.1 Å². The maximum absolute atomic E-state index is 12.1. The normalized spacial score (nSPS) is 11.8. The first-order chi connectivity index (χ1) is 26.1. The van der Waals surface area contributed by atoms with E-state index in [4.69, 9.17) is 46.7 Å². The third-order valence-electron chi connectivity index (χ3n) is 7.04. The molecule has 2 heterocycles. The summed E-state index contributed by atoms with van der Waals surface area (Å²) in [7, 11) is 0. The summed E-state index contributed by atoms with van der Waals surface area (Å²) in [5.74, 6) is -2.44. The van der Waals surface area contributed by atoms with Crippen molar-refractivity contribution in [3.8, 4) is 39.6 Å². The number of pyridine rings is 1. The number of benzene rings is 2. The van der Waals surface area contributed by atoms with E-state index in [0.29, 0.717) is 45.0 Å². The Balaban J connectivity index is 0.00000106. The number of carboxylic acids is 1. The first-order valence-electron chi connectivity index (χ1n) is 16.3. The topological polar surface area (TPSA) is 213 Å². The highest BCUT2D eigenvalue weighted by atomic mass is 35.5. The number of carbonyl (C=O) groups is 3. The number of aromatic nitrogens is 2. The van der Waals surface area contributed by atoms with Crippen LogP contribution in [0, 0.1) is 22.7 Å². The molecule has 2 atom stereocenters. The molecule has 2 aromatic carbocycles. The molecule has 0 aliphatic carbocycles. The molecule has 0 aliphatic rings. The number of nitrogens with one attached hydrogen (secondary N) is 2. The van der Waals surface area contributed by atoms with Gasteiger partial charge in [0.2, 0.25) is 5.91 Å². The number of nitrogens with two attached hydrogens (primary N) is 1. The highest BCUT2D eigenvalue weighted by Crippen LogP contribution is 2.38. The van der Waals surface area contributed by atoms with E-state index in [1.807, 2.05) is 36.6 Å². The van der Waals surface area contributed by atoms with Gasteiger partial charge in [0, 0.05) is 33.8 Å². The van der Waals surface area contributed by atoms with Gasteiger partial charge in [-0.15, -0.1) is 11.3 Å². The summed E-state index contributed by atoms with van der Waals surface area (Å²) in [6.45, 7) is 5.68. The second-order valence-electron chi connectivity index (χ2n) is 11.3. The summed E-state index contributed by atoms with van der Waals surface area (Å²) in [6, 6.07) is 17.4. The van der Waals surface area contributed by atoms with Gasteiger partial charge in [-0.25, -0.2) is 19.6 Å². The predicted molar refractivity (Wildman–Crippen MR) is 201 cm³/mol. The minimum atomic E-state index is -5.08. The van der Waals surface area contributed by atoms with Crippen molar-refractivity contribution in [3.05, 3.63) is 75.8 Å². The number of rotatable bonds is 15. The highest BCUT2D eigenvalue weighted by molar-refractivity contribution is 7.98. The number of amides is 1. The molecule has 55 heavy (non-hydrogen) atoms. The van der Waals surface area contributed by atoms with Gasteiger partial charge in [-0.3, -0.25) is 4.79 Å². The fourth-order valence-electron chi connectivity index (χ4n) is 4.33. The Labute approximate surface area is 327 Å². The molecule has 0 saturated carbocycles. The quantitative estimate of drug-likeness (QED) is 0.0553. The molecule has 5 N–H and O–H groups in total. The average molecular weight is 818 g/mol. The van der Waals surface area contributed by atoms with Crippen LogP contribution in [0.3, 0.4) is 0 Å². The number of alkyl halides is 3. The molecule has 2 aromatic heterocycles. The number of halogens is 4. The number of aliphatic carboxylic acids is 1. The standard InChI is InChI=1S/C34H34ClN7O4S2.C2HF3O2/c1-4-13-39-30-27(16-36)29(22-7-11-26(12-8-22)45-14-15-46-34(44)21(3)40-31(43)20(2)38)28(17-37)33(42-30)48-19-25-18-47-32(41-25)23-5-9-24(35)10-6-23;3-2(4,5)1(6)7/h5-12,18,20-21H,4,13-15,19,38H2,1-3H3,(H,39,42)(H,40,43);(H,6,7)/t20-,21-;/m0./s1. The molecule has 0 bridgehead atoms. The van der Waals surface area contributed by atoms with Gasteiger partial charge in [-0.2, -0.15) is 23.7 Å². The summed E-state index contributed by atoms with van der Waals surface area (Å²) in [5, 5.41) is 37.4. The lowest BCUT2D eigenvalue weighted by Crippen LogP contribution is -2.46. The summed E-state index contributed by atoms with van der Waals surface area (Å²) in [6.07, 6.45) is -4.27. The monoisotopic (exact) mass is 817 g/mol. The van der Waals surface area contributed by atoms with Crippen LogP contribution in [0.2, 0.25) is 5.02 Å². The molecule has 0 saturated heterocycles. The number of nitriles is 2. The number of hydrogen-bond donors (Lipinski definition) is 4. The molecule has 0 spiro atoms. The van der Waals surface area contributed by atoms with E-state index in [2.05, 4.69) is 22.8 Å². The largest absolute Gasteiger partial charge is 0.490 e. The Morgan fingerprint density at radius 1 is 1.02 bits per heavy atom. The van der Waals surface area contributed by atoms with Crippen molar-refractivity contribution in [3.63, 3.8) is 0 Å². The maximum atomic E-state index is 12.1. The minimum absolute atomic E-state index is 0.0340. The Morgan fingerprint density at radius 2 is 1.64 bits per heavy atom. The van der Waals surface area contributed by atoms with Gasteiger partial charge in [0.15, 0.2) is 0 Å². The number of anilines is 1. The third-order valence-corrected chi connectivity index (χ3v) is 9.24. The molecule has 13 nitrogen and oxygen atoms in total. The molecule has 290 valence electrons. The van der Waals surface area contributed by atoms with Crippen LogP contribution in [-0.4, -0.2) is 70.9 Å². The highest BCUT2D eigenvalue weighted by Gasteiger charge is 2.38. The van der Waals surface area contributed by atoms with E-state index in [1.54, 1.807) is 24.3 Å². The van der Waals surface area contributed by atoms with E-state index >= 15 is 0 Å². The maximum Gasteiger partial charge on any atom is 0.490 e. The van der Waals surface area contributed by atoms with Gasteiger partial charge < -0.3 is 30.9 Å². The lowest BCUT2D eigenvalue weighted by atomic mass is 9.96. The van der Waals surface area contributed by atoms with Gasteiger partial charge in [0.25, 0.3) is 0 Å². The van der Waals surface area contributed by atoms with Crippen LogP contribution in [0.4, 0.5) is 19.0 Å². The van der Waals surface area contributed by atoms with Crippen molar-refractivity contribution in [2.75, 3.05) is 25.1 Å².